The van der Waals surface area contributed by atoms with Crippen molar-refractivity contribution in [3.05, 3.63) is 34.6 Å². The molecule has 0 spiro atoms. The molecular weight excluding hydrogens is 273 g/mol. The van der Waals surface area contributed by atoms with Crippen LogP contribution in [0.25, 0.3) is 0 Å². The average Bonchev–Trinajstić information content (AvgIpc) is 2.40. The number of nitrogens with zero attached hydrogens (tertiary/aromatic N) is 2. The summed E-state index contributed by atoms with van der Waals surface area (Å²) in [6.45, 7) is 2.28. The first-order valence-electron chi connectivity index (χ1n) is 5.70. The van der Waals surface area contributed by atoms with Crippen LogP contribution in [-0.2, 0) is 0 Å². The SMILES string of the molecule is CCCN(C/C(N)=N/O)C(=O)c1ccc(Cl)c(F)c1. The highest BCUT2D eigenvalue weighted by atomic mass is 35.5. The van der Waals surface area contributed by atoms with E-state index in [0.29, 0.717) is 13.0 Å². The van der Waals surface area contributed by atoms with Crippen LogP contribution in [0.1, 0.15) is 23.7 Å². The lowest BCUT2D eigenvalue weighted by Gasteiger charge is -2.21. The van der Waals surface area contributed by atoms with Crippen molar-refractivity contribution in [3.8, 4) is 0 Å². The number of rotatable bonds is 5. The van der Waals surface area contributed by atoms with Gasteiger partial charge in [0.1, 0.15) is 5.82 Å². The van der Waals surface area contributed by atoms with Gasteiger partial charge in [0.05, 0.1) is 11.6 Å². The molecule has 0 fully saturated rings. The van der Waals surface area contributed by atoms with E-state index in [2.05, 4.69) is 5.16 Å². The summed E-state index contributed by atoms with van der Waals surface area (Å²) in [5.74, 6) is -1.15. The number of benzene rings is 1. The van der Waals surface area contributed by atoms with Gasteiger partial charge in [-0.25, -0.2) is 4.39 Å². The van der Waals surface area contributed by atoms with Gasteiger partial charge in [0.15, 0.2) is 5.84 Å². The Morgan fingerprint density at radius 1 is 1.58 bits per heavy atom. The molecular formula is C12H15ClFN3O2. The lowest BCUT2D eigenvalue weighted by Crippen LogP contribution is -2.39. The minimum absolute atomic E-state index is 0.0204. The van der Waals surface area contributed by atoms with E-state index in [1.807, 2.05) is 6.92 Å². The van der Waals surface area contributed by atoms with Crippen LogP contribution in [0.15, 0.2) is 23.4 Å². The molecule has 0 saturated heterocycles. The summed E-state index contributed by atoms with van der Waals surface area (Å²) < 4.78 is 13.3. The molecule has 0 aliphatic carbocycles. The van der Waals surface area contributed by atoms with Gasteiger partial charge in [-0.1, -0.05) is 23.7 Å². The molecule has 1 amide bonds. The van der Waals surface area contributed by atoms with Crippen LogP contribution < -0.4 is 5.73 Å². The number of nitrogens with two attached hydrogens (primary N) is 1. The van der Waals surface area contributed by atoms with Crippen LogP contribution >= 0.6 is 11.6 Å². The zero-order valence-electron chi connectivity index (χ0n) is 10.4. The number of carbonyl (C=O) groups excluding carboxylic acids is 1. The molecule has 1 aromatic carbocycles. The molecule has 0 unspecified atom stereocenters. The molecule has 7 heteroatoms. The van der Waals surface area contributed by atoms with Gasteiger partial charge in [0, 0.05) is 12.1 Å². The fraction of sp³-hybridized carbons (Fsp3) is 0.333. The van der Waals surface area contributed by atoms with E-state index in [4.69, 9.17) is 22.5 Å². The molecule has 0 bridgehead atoms. The molecule has 0 aromatic heterocycles. The number of hydrogen-bond donors (Lipinski definition) is 2. The van der Waals surface area contributed by atoms with Gasteiger partial charge in [-0.3, -0.25) is 4.79 Å². The Morgan fingerprint density at radius 2 is 2.26 bits per heavy atom. The molecule has 1 rings (SSSR count). The largest absolute Gasteiger partial charge is 0.409 e. The molecule has 3 N–H and O–H groups in total. The van der Waals surface area contributed by atoms with E-state index in [9.17, 15) is 9.18 Å². The highest BCUT2D eigenvalue weighted by Crippen LogP contribution is 2.16. The zero-order chi connectivity index (χ0) is 14.4. The lowest BCUT2D eigenvalue weighted by molar-refractivity contribution is 0.0777. The topological polar surface area (TPSA) is 78.9 Å². The first kappa shape index (κ1) is 15.2. The Kier molecular flexibility index (Phi) is 5.57. The van der Waals surface area contributed by atoms with E-state index >= 15 is 0 Å². The monoisotopic (exact) mass is 287 g/mol. The first-order valence-corrected chi connectivity index (χ1v) is 6.08. The molecule has 0 saturated carbocycles. The third-order valence-electron chi connectivity index (χ3n) is 2.43. The van der Waals surface area contributed by atoms with Crippen LogP contribution in [-0.4, -0.2) is 34.9 Å². The van der Waals surface area contributed by atoms with Crippen LogP contribution in [0.5, 0.6) is 0 Å². The van der Waals surface area contributed by atoms with Gasteiger partial charge >= 0.3 is 0 Å². The number of oxime groups is 1. The van der Waals surface area contributed by atoms with Gasteiger partial charge in [0.2, 0.25) is 0 Å². The number of hydrogen-bond acceptors (Lipinski definition) is 3. The van der Waals surface area contributed by atoms with E-state index in [0.717, 1.165) is 6.07 Å². The van der Waals surface area contributed by atoms with Gasteiger partial charge < -0.3 is 15.8 Å². The second-order valence-corrected chi connectivity index (χ2v) is 4.35. The number of amides is 1. The van der Waals surface area contributed by atoms with Gasteiger partial charge in [-0.2, -0.15) is 0 Å². The Morgan fingerprint density at radius 3 is 2.79 bits per heavy atom. The minimum atomic E-state index is -0.659. The van der Waals surface area contributed by atoms with Crippen molar-refractivity contribution in [2.75, 3.05) is 13.1 Å². The van der Waals surface area contributed by atoms with Crippen molar-refractivity contribution in [3.63, 3.8) is 0 Å². The van der Waals surface area contributed by atoms with Crippen molar-refractivity contribution in [1.82, 2.24) is 4.90 Å². The molecule has 1 aromatic rings. The maximum Gasteiger partial charge on any atom is 0.254 e. The second kappa shape index (κ2) is 6.94. The van der Waals surface area contributed by atoms with Crippen LogP contribution in [0.2, 0.25) is 5.02 Å². The minimum Gasteiger partial charge on any atom is -0.409 e. The van der Waals surface area contributed by atoms with Crippen molar-refractivity contribution >= 4 is 23.3 Å². The Bertz CT molecular complexity index is 494. The molecule has 0 atom stereocenters. The lowest BCUT2D eigenvalue weighted by atomic mass is 10.2. The Balaban J connectivity index is 2.95. The molecule has 0 radical (unpaired) electrons. The summed E-state index contributed by atoms with van der Waals surface area (Å²) in [5.41, 5.74) is 5.55. The van der Waals surface area contributed by atoms with Crippen molar-refractivity contribution in [2.45, 2.75) is 13.3 Å². The number of halogens is 2. The number of carbonyl (C=O) groups is 1. The van der Waals surface area contributed by atoms with E-state index in [1.54, 1.807) is 0 Å². The van der Waals surface area contributed by atoms with E-state index < -0.39 is 11.7 Å². The molecule has 104 valence electrons. The average molecular weight is 288 g/mol. The van der Waals surface area contributed by atoms with Crippen LogP contribution in [0.4, 0.5) is 4.39 Å². The van der Waals surface area contributed by atoms with Crippen molar-refractivity contribution in [1.29, 1.82) is 0 Å². The molecule has 0 heterocycles. The maximum absolute atomic E-state index is 13.3. The van der Waals surface area contributed by atoms with Crippen LogP contribution in [0, 0.1) is 5.82 Å². The predicted octanol–water partition coefficient (Wildman–Crippen LogP) is 2.08. The summed E-state index contributed by atoms with van der Waals surface area (Å²) >= 11 is 5.56. The van der Waals surface area contributed by atoms with E-state index in [-0.39, 0.29) is 23.0 Å². The van der Waals surface area contributed by atoms with Gasteiger partial charge in [-0.05, 0) is 24.6 Å². The molecule has 0 aliphatic heterocycles. The maximum atomic E-state index is 13.3. The molecule has 5 nitrogen and oxygen atoms in total. The summed E-state index contributed by atoms with van der Waals surface area (Å²) in [5, 5.41) is 11.3. The summed E-state index contributed by atoms with van der Waals surface area (Å²) in [4.78, 5) is 13.5. The highest BCUT2D eigenvalue weighted by Gasteiger charge is 2.17. The van der Waals surface area contributed by atoms with Crippen molar-refractivity contribution < 1.29 is 14.4 Å². The van der Waals surface area contributed by atoms with Crippen molar-refractivity contribution in [2.24, 2.45) is 10.9 Å². The highest BCUT2D eigenvalue weighted by molar-refractivity contribution is 6.30. The zero-order valence-corrected chi connectivity index (χ0v) is 11.2. The number of amidine groups is 1. The first-order chi connectivity index (χ1) is 8.99. The third kappa shape index (κ3) is 4.10. The fourth-order valence-corrected chi connectivity index (χ4v) is 1.68. The van der Waals surface area contributed by atoms with Gasteiger partial charge in [-0.15, -0.1) is 0 Å². The van der Waals surface area contributed by atoms with Gasteiger partial charge in [0.25, 0.3) is 5.91 Å². The smallest absolute Gasteiger partial charge is 0.254 e. The third-order valence-corrected chi connectivity index (χ3v) is 2.74. The quantitative estimate of drug-likeness (QED) is 0.377. The molecule has 19 heavy (non-hydrogen) atoms. The standard InChI is InChI=1S/C12H15ClFN3O2/c1-2-5-17(7-11(15)16-19)12(18)8-3-4-9(13)10(14)6-8/h3-4,6,19H,2,5,7H2,1H3,(H2,15,16). The normalized spacial score (nSPS) is 11.4. The van der Waals surface area contributed by atoms with Crippen LogP contribution in [0.3, 0.4) is 0 Å². The Labute approximate surface area is 115 Å². The molecule has 0 aliphatic rings. The summed E-state index contributed by atoms with van der Waals surface area (Å²) in [6, 6.07) is 3.82. The Hall–Kier alpha value is -1.82. The second-order valence-electron chi connectivity index (χ2n) is 3.95. The fourth-order valence-electron chi connectivity index (χ4n) is 1.56. The summed E-state index contributed by atoms with van der Waals surface area (Å²) in [6.07, 6.45) is 0.695. The predicted molar refractivity (Wildman–Crippen MR) is 71.0 cm³/mol. The van der Waals surface area contributed by atoms with E-state index in [1.165, 1.54) is 17.0 Å². The summed E-state index contributed by atoms with van der Waals surface area (Å²) in [7, 11) is 0.